The van der Waals surface area contributed by atoms with Gasteiger partial charge in [0, 0.05) is 57.4 Å². The van der Waals surface area contributed by atoms with Crippen LogP contribution in [0.5, 0.6) is 5.75 Å². The lowest BCUT2D eigenvalue weighted by molar-refractivity contribution is -0.134. The standard InChI is InChI=1S/C19H30N4O2/c1-25-18-5-3-2-4-16(18)14-22-10-12-23(13-11-22)19(24)15-21-8-6-17(20)7-9-21/h2-5,17H,6-15,20H2,1H3. The predicted octanol–water partition coefficient (Wildman–Crippen LogP) is 0.763. The molecule has 3 rings (SSSR count). The van der Waals surface area contributed by atoms with Crippen LogP contribution in [0.15, 0.2) is 24.3 Å². The zero-order chi connectivity index (χ0) is 17.6. The highest BCUT2D eigenvalue weighted by Gasteiger charge is 2.24. The Morgan fingerprint density at radius 1 is 1.08 bits per heavy atom. The van der Waals surface area contributed by atoms with Gasteiger partial charge in [-0.25, -0.2) is 0 Å². The highest BCUT2D eigenvalue weighted by molar-refractivity contribution is 5.78. The lowest BCUT2D eigenvalue weighted by Crippen LogP contribution is -2.52. The predicted molar refractivity (Wildman–Crippen MR) is 98.5 cm³/mol. The van der Waals surface area contributed by atoms with Gasteiger partial charge in [-0.15, -0.1) is 0 Å². The molecular formula is C19H30N4O2. The molecule has 0 spiro atoms. The Balaban J connectivity index is 1.44. The van der Waals surface area contributed by atoms with E-state index in [9.17, 15) is 4.79 Å². The molecule has 6 nitrogen and oxygen atoms in total. The number of para-hydroxylation sites is 1. The molecule has 0 aromatic heterocycles. The van der Waals surface area contributed by atoms with Crippen molar-refractivity contribution in [3.05, 3.63) is 29.8 Å². The van der Waals surface area contributed by atoms with Crippen molar-refractivity contribution in [2.24, 2.45) is 5.73 Å². The van der Waals surface area contributed by atoms with E-state index in [0.29, 0.717) is 12.6 Å². The minimum atomic E-state index is 0.257. The summed E-state index contributed by atoms with van der Waals surface area (Å²) in [6, 6.07) is 8.45. The first-order valence-electron chi connectivity index (χ1n) is 9.25. The molecule has 138 valence electrons. The first-order valence-corrected chi connectivity index (χ1v) is 9.25. The van der Waals surface area contributed by atoms with Crippen LogP contribution in [-0.2, 0) is 11.3 Å². The topological polar surface area (TPSA) is 62.0 Å². The normalized spacial score (nSPS) is 20.6. The molecule has 0 aliphatic carbocycles. The zero-order valence-electron chi connectivity index (χ0n) is 15.2. The van der Waals surface area contributed by atoms with Crippen LogP contribution in [0, 0.1) is 0 Å². The minimum Gasteiger partial charge on any atom is -0.496 e. The molecule has 2 aliphatic heterocycles. The van der Waals surface area contributed by atoms with Gasteiger partial charge in [-0.3, -0.25) is 14.6 Å². The number of rotatable bonds is 5. The number of nitrogens with two attached hydrogens (primary N) is 1. The van der Waals surface area contributed by atoms with E-state index >= 15 is 0 Å². The van der Waals surface area contributed by atoms with Crippen LogP contribution in [0.25, 0.3) is 0 Å². The molecule has 0 radical (unpaired) electrons. The Morgan fingerprint density at radius 2 is 1.76 bits per heavy atom. The Morgan fingerprint density at radius 3 is 2.44 bits per heavy atom. The molecule has 0 saturated carbocycles. The van der Waals surface area contributed by atoms with Crippen LogP contribution in [0.4, 0.5) is 0 Å². The fourth-order valence-corrected chi connectivity index (χ4v) is 3.63. The highest BCUT2D eigenvalue weighted by Crippen LogP contribution is 2.20. The van der Waals surface area contributed by atoms with E-state index in [4.69, 9.17) is 10.5 Å². The summed E-state index contributed by atoms with van der Waals surface area (Å²) in [5, 5.41) is 0. The van der Waals surface area contributed by atoms with Gasteiger partial charge in [0.2, 0.25) is 5.91 Å². The number of benzene rings is 1. The molecule has 6 heteroatoms. The van der Waals surface area contributed by atoms with E-state index in [1.165, 1.54) is 5.56 Å². The van der Waals surface area contributed by atoms with Crippen molar-refractivity contribution in [1.29, 1.82) is 0 Å². The Hall–Kier alpha value is -1.63. The number of nitrogens with zero attached hydrogens (tertiary/aromatic N) is 3. The van der Waals surface area contributed by atoms with E-state index < -0.39 is 0 Å². The van der Waals surface area contributed by atoms with Crippen LogP contribution in [0.1, 0.15) is 18.4 Å². The summed E-state index contributed by atoms with van der Waals surface area (Å²) in [4.78, 5) is 19.2. The van der Waals surface area contributed by atoms with E-state index in [2.05, 4.69) is 15.9 Å². The van der Waals surface area contributed by atoms with E-state index in [1.54, 1.807) is 7.11 Å². The average Bonchev–Trinajstić information content (AvgIpc) is 2.64. The molecular weight excluding hydrogens is 316 g/mol. The van der Waals surface area contributed by atoms with Gasteiger partial charge in [-0.05, 0) is 18.9 Å². The molecule has 2 aliphatic rings. The molecule has 2 saturated heterocycles. The molecule has 0 atom stereocenters. The fraction of sp³-hybridized carbons (Fsp3) is 0.632. The first-order chi connectivity index (χ1) is 12.2. The number of methoxy groups -OCH3 is 1. The number of ether oxygens (including phenoxy) is 1. The van der Waals surface area contributed by atoms with Crippen molar-refractivity contribution in [1.82, 2.24) is 14.7 Å². The summed E-state index contributed by atoms with van der Waals surface area (Å²) in [5.41, 5.74) is 7.14. The van der Waals surface area contributed by atoms with Gasteiger partial charge < -0.3 is 15.4 Å². The van der Waals surface area contributed by atoms with Gasteiger partial charge in [0.15, 0.2) is 0 Å². The highest BCUT2D eigenvalue weighted by atomic mass is 16.5. The van der Waals surface area contributed by atoms with Crippen molar-refractivity contribution in [2.75, 3.05) is 52.9 Å². The first kappa shape index (κ1) is 18.2. The number of amides is 1. The second-order valence-corrected chi connectivity index (χ2v) is 7.08. The second-order valence-electron chi connectivity index (χ2n) is 7.08. The van der Waals surface area contributed by atoms with Gasteiger partial charge in [0.25, 0.3) is 0 Å². The van der Waals surface area contributed by atoms with E-state index in [0.717, 1.165) is 64.4 Å². The van der Waals surface area contributed by atoms with Crippen LogP contribution >= 0.6 is 0 Å². The summed E-state index contributed by atoms with van der Waals surface area (Å²) < 4.78 is 5.43. The number of piperidine rings is 1. The molecule has 1 amide bonds. The summed E-state index contributed by atoms with van der Waals surface area (Å²) >= 11 is 0. The number of carbonyl (C=O) groups is 1. The lowest BCUT2D eigenvalue weighted by Gasteiger charge is -2.37. The number of piperazine rings is 1. The molecule has 0 bridgehead atoms. The summed E-state index contributed by atoms with van der Waals surface area (Å²) in [6.45, 7) is 6.74. The fourth-order valence-electron chi connectivity index (χ4n) is 3.63. The smallest absolute Gasteiger partial charge is 0.236 e. The van der Waals surface area contributed by atoms with Crippen molar-refractivity contribution in [2.45, 2.75) is 25.4 Å². The van der Waals surface area contributed by atoms with Crippen LogP contribution in [0.2, 0.25) is 0 Å². The second kappa shape index (κ2) is 8.65. The molecule has 2 fully saturated rings. The molecule has 25 heavy (non-hydrogen) atoms. The third-order valence-corrected chi connectivity index (χ3v) is 5.30. The SMILES string of the molecule is COc1ccccc1CN1CCN(C(=O)CN2CCC(N)CC2)CC1. The minimum absolute atomic E-state index is 0.257. The van der Waals surface area contributed by atoms with Gasteiger partial charge in [-0.1, -0.05) is 18.2 Å². The van der Waals surface area contributed by atoms with Crippen LogP contribution < -0.4 is 10.5 Å². The molecule has 1 aromatic carbocycles. The largest absolute Gasteiger partial charge is 0.496 e. The molecule has 2 N–H and O–H groups in total. The van der Waals surface area contributed by atoms with Gasteiger partial charge >= 0.3 is 0 Å². The third kappa shape index (κ3) is 4.93. The maximum atomic E-state index is 12.5. The quantitative estimate of drug-likeness (QED) is 0.853. The summed E-state index contributed by atoms with van der Waals surface area (Å²) in [6.07, 6.45) is 2.00. The average molecular weight is 346 g/mol. The molecule has 1 aromatic rings. The number of likely N-dealkylation sites (tertiary alicyclic amines) is 1. The maximum absolute atomic E-state index is 12.5. The van der Waals surface area contributed by atoms with Crippen molar-refractivity contribution in [3.8, 4) is 5.75 Å². The van der Waals surface area contributed by atoms with Crippen molar-refractivity contribution >= 4 is 5.91 Å². The molecule has 0 unspecified atom stereocenters. The van der Waals surface area contributed by atoms with Gasteiger partial charge in [0.05, 0.1) is 13.7 Å². The summed E-state index contributed by atoms with van der Waals surface area (Å²) in [5.74, 6) is 1.19. The lowest BCUT2D eigenvalue weighted by atomic mass is 10.1. The van der Waals surface area contributed by atoms with Gasteiger partial charge in [0.1, 0.15) is 5.75 Å². The Bertz CT molecular complexity index is 564. The zero-order valence-corrected chi connectivity index (χ0v) is 15.2. The van der Waals surface area contributed by atoms with Crippen LogP contribution in [-0.4, -0.2) is 79.6 Å². The number of hydrogen-bond donors (Lipinski definition) is 1. The van der Waals surface area contributed by atoms with E-state index in [1.807, 2.05) is 23.1 Å². The number of hydrogen-bond acceptors (Lipinski definition) is 5. The molecule has 2 heterocycles. The van der Waals surface area contributed by atoms with Gasteiger partial charge in [-0.2, -0.15) is 0 Å². The van der Waals surface area contributed by atoms with Crippen molar-refractivity contribution in [3.63, 3.8) is 0 Å². The maximum Gasteiger partial charge on any atom is 0.236 e. The van der Waals surface area contributed by atoms with E-state index in [-0.39, 0.29) is 5.91 Å². The van der Waals surface area contributed by atoms with Crippen molar-refractivity contribution < 1.29 is 9.53 Å². The Kier molecular flexibility index (Phi) is 6.29. The monoisotopic (exact) mass is 346 g/mol. The summed E-state index contributed by atoms with van der Waals surface area (Å²) in [7, 11) is 1.71. The third-order valence-electron chi connectivity index (χ3n) is 5.30. The Labute approximate surface area is 150 Å². The van der Waals surface area contributed by atoms with Crippen LogP contribution in [0.3, 0.4) is 0 Å². The number of carbonyl (C=O) groups excluding carboxylic acids is 1.